The molecule has 0 bridgehead atoms. The molecule has 0 atom stereocenters. The third-order valence-corrected chi connectivity index (χ3v) is 4.38. The number of amides is 1. The molecule has 0 aliphatic heterocycles. The number of aromatic amines is 1. The molecule has 28 heavy (non-hydrogen) atoms. The van der Waals surface area contributed by atoms with E-state index in [-0.39, 0.29) is 17.3 Å². The fourth-order valence-corrected chi connectivity index (χ4v) is 2.97. The lowest BCUT2D eigenvalue weighted by atomic mass is 10.1. The molecule has 1 N–H and O–H groups in total. The van der Waals surface area contributed by atoms with E-state index in [2.05, 4.69) is 15.3 Å². The predicted octanol–water partition coefficient (Wildman–Crippen LogP) is 2.93. The summed E-state index contributed by atoms with van der Waals surface area (Å²) in [6.45, 7) is 0.328. The topological polar surface area (TPSA) is 110 Å². The Morgan fingerprint density at radius 1 is 1.25 bits per heavy atom. The summed E-state index contributed by atoms with van der Waals surface area (Å²) >= 11 is 0. The summed E-state index contributed by atoms with van der Waals surface area (Å²) in [7, 11) is 1.65. The van der Waals surface area contributed by atoms with Crippen LogP contribution in [0.5, 0.6) is 0 Å². The Bertz CT molecular complexity index is 1160. The standard InChI is InChI=1S/C19H16N6O3/c1-23(11-13-10-20-24(12-13)14-5-3-2-4-6-14)19(26)18-16-9-15(25(27)28)7-8-17(16)21-22-18/h2-10,12H,11H2,1H3,(H,21,22). The maximum absolute atomic E-state index is 12.8. The van der Waals surface area contributed by atoms with Crippen LogP contribution in [-0.4, -0.2) is 42.8 Å². The SMILES string of the molecule is CN(Cc1cnn(-c2ccccc2)c1)C(=O)c1n[nH]c2ccc([N+](=O)[O-])cc12. The van der Waals surface area contributed by atoms with Crippen molar-refractivity contribution in [3.8, 4) is 5.69 Å². The summed E-state index contributed by atoms with van der Waals surface area (Å²) in [5.41, 5.74) is 2.41. The molecule has 1 amide bonds. The predicted molar refractivity (Wildman–Crippen MR) is 102 cm³/mol. The quantitative estimate of drug-likeness (QED) is 0.425. The van der Waals surface area contributed by atoms with Gasteiger partial charge in [-0.05, 0) is 18.2 Å². The Morgan fingerprint density at radius 3 is 2.79 bits per heavy atom. The molecule has 9 nitrogen and oxygen atoms in total. The highest BCUT2D eigenvalue weighted by Crippen LogP contribution is 2.23. The number of aromatic nitrogens is 4. The molecule has 0 saturated carbocycles. The van der Waals surface area contributed by atoms with Gasteiger partial charge in [0.2, 0.25) is 0 Å². The normalized spacial score (nSPS) is 10.9. The molecule has 2 heterocycles. The van der Waals surface area contributed by atoms with E-state index in [1.165, 1.54) is 17.0 Å². The molecule has 0 radical (unpaired) electrons. The van der Waals surface area contributed by atoms with Gasteiger partial charge in [-0.3, -0.25) is 20.0 Å². The van der Waals surface area contributed by atoms with Crippen LogP contribution >= 0.6 is 0 Å². The van der Waals surface area contributed by atoms with Crippen molar-refractivity contribution in [1.29, 1.82) is 0 Å². The number of benzene rings is 2. The molecule has 0 spiro atoms. The molecule has 0 fully saturated rings. The Kier molecular flexibility index (Phi) is 4.32. The van der Waals surface area contributed by atoms with Crippen molar-refractivity contribution in [2.45, 2.75) is 6.54 Å². The van der Waals surface area contributed by atoms with Crippen LogP contribution in [0.3, 0.4) is 0 Å². The maximum Gasteiger partial charge on any atom is 0.275 e. The van der Waals surface area contributed by atoms with Gasteiger partial charge >= 0.3 is 0 Å². The van der Waals surface area contributed by atoms with Gasteiger partial charge in [0.1, 0.15) is 0 Å². The number of rotatable bonds is 5. The number of fused-ring (bicyclic) bond motifs is 1. The van der Waals surface area contributed by atoms with E-state index in [0.717, 1.165) is 11.3 Å². The smallest absolute Gasteiger partial charge is 0.275 e. The Labute approximate surface area is 159 Å². The lowest BCUT2D eigenvalue weighted by Gasteiger charge is -2.14. The second-order valence-corrected chi connectivity index (χ2v) is 6.35. The number of carbonyl (C=O) groups is 1. The van der Waals surface area contributed by atoms with Crippen molar-refractivity contribution in [1.82, 2.24) is 24.9 Å². The van der Waals surface area contributed by atoms with Gasteiger partial charge in [0, 0.05) is 42.9 Å². The first-order valence-electron chi connectivity index (χ1n) is 8.50. The summed E-state index contributed by atoms with van der Waals surface area (Å²) in [4.78, 5) is 24.8. The first-order valence-corrected chi connectivity index (χ1v) is 8.50. The lowest BCUT2D eigenvalue weighted by Crippen LogP contribution is -2.26. The molecular formula is C19H16N6O3. The number of hydrogen-bond donors (Lipinski definition) is 1. The van der Waals surface area contributed by atoms with E-state index in [1.807, 2.05) is 36.5 Å². The number of nitro groups is 1. The maximum atomic E-state index is 12.8. The van der Waals surface area contributed by atoms with Crippen molar-refractivity contribution < 1.29 is 9.72 Å². The average molecular weight is 376 g/mol. The molecule has 0 aliphatic rings. The first-order chi connectivity index (χ1) is 13.5. The van der Waals surface area contributed by atoms with E-state index >= 15 is 0 Å². The molecular weight excluding hydrogens is 360 g/mol. The minimum Gasteiger partial charge on any atom is -0.336 e. The minimum atomic E-state index is -0.498. The third-order valence-electron chi connectivity index (χ3n) is 4.38. The summed E-state index contributed by atoms with van der Waals surface area (Å²) < 4.78 is 1.74. The van der Waals surface area contributed by atoms with Gasteiger partial charge < -0.3 is 4.90 Å². The zero-order valence-corrected chi connectivity index (χ0v) is 14.9. The van der Waals surface area contributed by atoms with E-state index in [4.69, 9.17) is 0 Å². The van der Waals surface area contributed by atoms with Gasteiger partial charge in [-0.25, -0.2) is 4.68 Å². The van der Waals surface area contributed by atoms with Crippen LogP contribution in [-0.2, 0) is 6.54 Å². The van der Waals surface area contributed by atoms with Crippen LogP contribution in [0.4, 0.5) is 5.69 Å². The van der Waals surface area contributed by atoms with Crippen molar-refractivity contribution in [3.63, 3.8) is 0 Å². The number of para-hydroxylation sites is 1. The largest absolute Gasteiger partial charge is 0.336 e. The van der Waals surface area contributed by atoms with Crippen molar-refractivity contribution in [3.05, 3.63) is 82.3 Å². The zero-order valence-electron chi connectivity index (χ0n) is 14.9. The van der Waals surface area contributed by atoms with Crippen LogP contribution in [0.2, 0.25) is 0 Å². The van der Waals surface area contributed by atoms with Crippen LogP contribution in [0.1, 0.15) is 16.1 Å². The number of nitro benzene ring substituents is 1. The van der Waals surface area contributed by atoms with E-state index < -0.39 is 4.92 Å². The van der Waals surface area contributed by atoms with E-state index in [0.29, 0.717) is 17.4 Å². The Hall–Kier alpha value is -4.01. The van der Waals surface area contributed by atoms with E-state index in [1.54, 1.807) is 24.0 Å². The zero-order chi connectivity index (χ0) is 19.7. The number of nitrogens with one attached hydrogen (secondary N) is 1. The molecule has 4 rings (SSSR count). The summed E-state index contributed by atoms with van der Waals surface area (Å²) in [6, 6.07) is 13.9. The summed E-state index contributed by atoms with van der Waals surface area (Å²) in [5.74, 6) is -0.334. The van der Waals surface area contributed by atoms with Gasteiger partial charge in [-0.2, -0.15) is 10.2 Å². The fraction of sp³-hybridized carbons (Fsp3) is 0.105. The molecule has 140 valence electrons. The minimum absolute atomic E-state index is 0.0882. The summed E-state index contributed by atoms with van der Waals surface area (Å²) in [5, 5.41) is 22.6. The van der Waals surface area contributed by atoms with Crippen molar-refractivity contribution >= 4 is 22.5 Å². The van der Waals surface area contributed by atoms with Crippen molar-refractivity contribution in [2.75, 3.05) is 7.05 Å². The molecule has 4 aromatic rings. The van der Waals surface area contributed by atoms with Gasteiger partial charge in [-0.1, -0.05) is 18.2 Å². The van der Waals surface area contributed by atoms with Crippen LogP contribution in [0.25, 0.3) is 16.6 Å². The van der Waals surface area contributed by atoms with Gasteiger partial charge in [0.05, 0.1) is 22.3 Å². The lowest BCUT2D eigenvalue weighted by molar-refractivity contribution is -0.384. The van der Waals surface area contributed by atoms with Crippen LogP contribution in [0, 0.1) is 10.1 Å². The third kappa shape index (κ3) is 3.20. The Morgan fingerprint density at radius 2 is 2.04 bits per heavy atom. The second-order valence-electron chi connectivity index (χ2n) is 6.35. The number of H-pyrrole nitrogens is 1. The first kappa shape index (κ1) is 17.4. The summed E-state index contributed by atoms with van der Waals surface area (Å²) in [6.07, 6.45) is 3.55. The highest BCUT2D eigenvalue weighted by molar-refractivity contribution is 6.05. The van der Waals surface area contributed by atoms with Crippen molar-refractivity contribution in [2.24, 2.45) is 0 Å². The highest BCUT2D eigenvalue weighted by Gasteiger charge is 2.21. The molecule has 9 heteroatoms. The molecule has 2 aromatic carbocycles. The molecule has 0 aliphatic carbocycles. The molecule has 0 saturated heterocycles. The van der Waals surface area contributed by atoms with Gasteiger partial charge in [0.15, 0.2) is 5.69 Å². The molecule has 0 unspecified atom stereocenters. The molecule has 2 aromatic heterocycles. The van der Waals surface area contributed by atoms with Crippen LogP contribution in [0.15, 0.2) is 60.9 Å². The number of non-ortho nitro benzene ring substituents is 1. The average Bonchev–Trinajstić information content (AvgIpc) is 3.34. The van der Waals surface area contributed by atoms with E-state index in [9.17, 15) is 14.9 Å². The van der Waals surface area contributed by atoms with Crippen LogP contribution < -0.4 is 0 Å². The number of nitrogens with zero attached hydrogens (tertiary/aromatic N) is 5. The number of hydrogen-bond acceptors (Lipinski definition) is 5. The highest BCUT2D eigenvalue weighted by atomic mass is 16.6. The fourth-order valence-electron chi connectivity index (χ4n) is 2.97. The van der Waals surface area contributed by atoms with Gasteiger partial charge in [0.25, 0.3) is 11.6 Å². The number of carbonyl (C=O) groups excluding carboxylic acids is 1. The monoisotopic (exact) mass is 376 g/mol. The van der Waals surface area contributed by atoms with Gasteiger partial charge in [-0.15, -0.1) is 0 Å². The Balaban J connectivity index is 1.56. The second kappa shape index (κ2) is 6.95.